The van der Waals surface area contributed by atoms with E-state index in [0.717, 1.165) is 6.42 Å². The molecule has 1 fully saturated rings. The second-order valence-electron chi connectivity index (χ2n) is 2.82. The molecule has 0 aromatic carbocycles. The van der Waals surface area contributed by atoms with Gasteiger partial charge >= 0.3 is 0 Å². The van der Waals surface area contributed by atoms with E-state index in [1.807, 2.05) is 0 Å². The molecule has 2 atom stereocenters. The van der Waals surface area contributed by atoms with Crippen LogP contribution in [-0.2, 0) is 0 Å². The van der Waals surface area contributed by atoms with E-state index in [9.17, 15) is 0 Å². The minimum atomic E-state index is 0.172. The molecule has 12 heavy (non-hydrogen) atoms. The third-order valence-corrected chi connectivity index (χ3v) is 2.61. The van der Waals surface area contributed by atoms with Crippen LogP contribution in [0.25, 0.3) is 0 Å². The summed E-state index contributed by atoms with van der Waals surface area (Å²) >= 11 is 11.5. The zero-order chi connectivity index (χ0) is 8.72. The molecule has 0 aliphatic heterocycles. The number of alkyl halides is 1. The van der Waals surface area contributed by atoms with Gasteiger partial charge < -0.3 is 5.73 Å². The summed E-state index contributed by atoms with van der Waals surface area (Å²) < 4.78 is 0. The molecule has 1 aliphatic rings. The summed E-state index contributed by atoms with van der Waals surface area (Å²) in [6, 6.07) is 0. The average Bonchev–Trinajstić information content (AvgIpc) is 2.73. The zero-order valence-electron chi connectivity index (χ0n) is 6.17. The maximum absolute atomic E-state index is 5.82. The lowest BCUT2D eigenvalue weighted by atomic mass is 10.4. The molecule has 1 saturated carbocycles. The average molecular weight is 204 g/mol. The Morgan fingerprint density at radius 3 is 2.75 bits per heavy atom. The second kappa shape index (κ2) is 2.75. The molecule has 64 valence electrons. The molecular weight excluding hydrogens is 197 g/mol. The van der Waals surface area contributed by atoms with Crippen LogP contribution in [0, 0.1) is 0 Å². The Labute approximate surface area is 79.9 Å². The molecule has 0 radical (unpaired) electrons. The lowest BCUT2D eigenvalue weighted by Crippen LogP contribution is -1.99. The Bertz CT molecular complexity index is 316. The van der Waals surface area contributed by atoms with Crippen LogP contribution in [0.3, 0.4) is 0 Å². The van der Waals surface area contributed by atoms with Gasteiger partial charge in [-0.2, -0.15) is 0 Å². The van der Waals surface area contributed by atoms with Gasteiger partial charge in [-0.15, -0.1) is 11.6 Å². The third-order valence-electron chi connectivity index (χ3n) is 1.83. The molecule has 0 spiro atoms. The molecule has 1 heterocycles. The van der Waals surface area contributed by atoms with Gasteiger partial charge in [-0.25, -0.2) is 9.97 Å². The number of nitrogen functional groups attached to an aromatic ring is 1. The molecule has 1 aromatic rings. The summed E-state index contributed by atoms with van der Waals surface area (Å²) in [5.74, 6) is 1.31. The smallest absolute Gasteiger partial charge is 0.145 e. The molecule has 2 rings (SSSR count). The van der Waals surface area contributed by atoms with Crippen molar-refractivity contribution in [3.05, 3.63) is 17.0 Å². The quantitative estimate of drug-likeness (QED) is 0.709. The van der Waals surface area contributed by atoms with Crippen molar-refractivity contribution in [2.24, 2.45) is 0 Å². The van der Waals surface area contributed by atoms with Gasteiger partial charge in [0, 0.05) is 11.3 Å². The van der Waals surface area contributed by atoms with Crippen molar-refractivity contribution >= 4 is 29.0 Å². The van der Waals surface area contributed by atoms with Gasteiger partial charge in [0.2, 0.25) is 0 Å². The first kappa shape index (κ1) is 8.08. The minimum absolute atomic E-state index is 0.172. The molecule has 2 N–H and O–H groups in total. The van der Waals surface area contributed by atoms with Crippen LogP contribution in [0.1, 0.15) is 18.2 Å². The highest BCUT2D eigenvalue weighted by Gasteiger charge is 2.39. The lowest BCUT2D eigenvalue weighted by molar-refractivity contribution is 0.933. The van der Waals surface area contributed by atoms with Crippen LogP contribution in [-0.4, -0.2) is 15.3 Å². The van der Waals surface area contributed by atoms with E-state index >= 15 is 0 Å². The van der Waals surface area contributed by atoms with E-state index < -0.39 is 0 Å². The Kier molecular flexibility index (Phi) is 1.85. The van der Waals surface area contributed by atoms with Gasteiger partial charge in [-0.3, -0.25) is 0 Å². The summed E-state index contributed by atoms with van der Waals surface area (Å²) in [5, 5.41) is 0.566. The van der Waals surface area contributed by atoms with Crippen molar-refractivity contribution in [2.45, 2.75) is 17.7 Å². The molecule has 2 unspecified atom stereocenters. The van der Waals surface area contributed by atoms with Gasteiger partial charge in [0.05, 0.1) is 6.20 Å². The second-order valence-corrected chi connectivity index (χ2v) is 3.79. The first-order chi connectivity index (χ1) is 5.68. The van der Waals surface area contributed by atoms with Crippen molar-refractivity contribution in [1.29, 1.82) is 0 Å². The van der Waals surface area contributed by atoms with Crippen LogP contribution in [0.2, 0.25) is 5.02 Å². The van der Waals surface area contributed by atoms with Crippen LogP contribution in [0.4, 0.5) is 5.82 Å². The topological polar surface area (TPSA) is 51.8 Å². The summed E-state index contributed by atoms with van der Waals surface area (Å²) in [5.41, 5.74) is 5.51. The number of hydrogen-bond acceptors (Lipinski definition) is 3. The van der Waals surface area contributed by atoms with E-state index in [1.165, 1.54) is 6.20 Å². The van der Waals surface area contributed by atoms with Gasteiger partial charge in [-0.1, -0.05) is 11.6 Å². The van der Waals surface area contributed by atoms with Crippen LogP contribution in [0.5, 0.6) is 0 Å². The minimum Gasteiger partial charge on any atom is -0.382 e. The first-order valence-corrected chi connectivity index (χ1v) is 4.42. The normalized spacial score (nSPS) is 27.2. The zero-order valence-corrected chi connectivity index (χ0v) is 7.68. The van der Waals surface area contributed by atoms with Crippen molar-refractivity contribution in [3.8, 4) is 0 Å². The number of anilines is 1. The fourth-order valence-electron chi connectivity index (χ4n) is 1.00. The van der Waals surface area contributed by atoms with Gasteiger partial charge in [0.15, 0.2) is 0 Å². The van der Waals surface area contributed by atoms with Crippen molar-refractivity contribution in [2.75, 3.05) is 5.73 Å². The molecule has 1 aromatic heterocycles. The first-order valence-electron chi connectivity index (χ1n) is 3.60. The molecule has 0 saturated heterocycles. The number of nitrogens with two attached hydrogens (primary N) is 1. The maximum Gasteiger partial charge on any atom is 0.145 e. The molecule has 5 heteroatoms. The van der Waals surface area contributed by atoms with Crippen LogP contribution in [0.15, 0.2) is 6.20 Å². The van der Waals surface area contributed by atoms with E-state index in [1.54, 1.807) is 0 Å². The van der Waals surface area contributed by atoms with Crippen molar-refractivity contribution in [1.82, 2.24) is 9.97 Å². The Morgan fingerprint density at radius 1 is 1.58 bits per heavy atom. The molecule has 0 bridgehead atoms. The predicted octanol–water partition coefficient (Wildman–Crippen LogP) is 1.81. The third kappa shape index (κ3) is 1.34. The Morgan fingerprint density at radius 2 is 2.25 bits per heavy atom. The highest BCUT2D eigenvalue weighted by atomic mass is 35.5. The fraction of sp³-hybridized carbons (Fsp3) is 0.429. The van der Waals surface area contributed by atoms with E-state index in [-0.39, 0.29) is 11.3 Å². The maximum atomic E-state index is 5.82. The highest BCUT2D eigenvalue weighted by Crippen LogP contribution is 2.43. The van der Waals surface area contributed by atoms with Crippen LogP contribution >= 0.6 is 23.2 Å². The van der Waals surface area contributed by atoms with Crippen molar-refractivity contribution < 1.29 is 0 Å². The molecule has 1 aliphatic carbocycles. The van der Waals surface area contributed by atoms with Gasteiger partial charge in [0.25, 0.3) is 0 Å². The summed E-state index contributed by atoms with van der Waals surface area (Å²) in [6.45, 7) is 0. The summed E-state index contributed by atoms with van der Waals surface area (Å²) in [6.07, 6.45) is 2.45. The highest BCUT2D eigenvalue weighted by molar-refractivity contribution is 6.32. The molecule has 0 amide bonds. The molecular formula is C7H7Cl2N3. The number of nitrogens with zero attached hydrogens (tertiary/aromatic N) is 2. The van der Waals surface area contributed by atoms with Gasteiger partial charge in [0.1, 0.15) is 16.7 Å². The largest absolute Gasteiger partial charge is 0.382 e. The van der Waals surface area contributed by atoms with Crippen LogP contribution < -0.4 is 5.73 Å². The molecule has 3 nitrogen and oxygen atoms in total. The van der Waals surface area contributed by atoms with E-state index in [4.69, 9.17) is 28.9 Å². The Hall–Kier alpha value is -0.540. The SMILES string of the molecule is Nc1nc(C2CC2Cl)ncc1Cl. The van der Waals surface area contributed by atoms with Gasteiger partial charge in [-0.05, 0) is 6.42 Å². The lowest BCUT2D eigenvalue weighted by Gasteiger charge is -1.99. The number of aromatic nitrogens is 2. The van der Waals surface area contributed by atoms with Crippen molar-refractivity contribution in [3.63, 3.8) is 0 Å². The number of halogens is 2. The predicted molar refractivity (Wildman–Crippen MR) is 48.5 cm³/mol. The Balaban J connectivity index is 2.29. The summed E-state index contributed by atoms with van der Waals surface area (Å²) in [7, 11) is 0. The number of rotatable bonds is 1. The number of hydrogen-bond donors (Lipinski definition) is 1. The standard InChI is InChI=1S/C7H7Cl2N3/c8-4-1-3(4)7-11-2-5(9)6(10)12-7/h2-4H,1H2,(H2,10,11,12). The summed E-state index contributed by atoms with van der Waals surface area (Å²) in [4.78, 5) is 8.08. The monoisotopic (exact) mass is 203 g/mol. The van der Waals surface area contributed by atoms with E-state index in [2.05, 4.69) is 9.97 Å². The van der Waals surface area contributed by atoms with E-state index in [0.29, 0.717) is 16.7 Å². The fourth-order valence-corrected chi connectivity index (χ4v) is 1.40.